The number of hydrogen-bond donors (Lipinski definition) is 2. The van der Waals surface area contributed by atoms with Gasteiger partial charge in [-0.25, -0.2) is 0 Å². The molecule has 0 aliphatic rings. The molecule has 2 amide bonds. The molecule has 0 saturated heterocycles. The van der Waals surface area contributed by atoms with Gasteiger partial charge in [0.1, 0.15) is 11.4 Å². The van der Waals surface area contributed by atoms with Crippen LogP contribution in [0.2, 0.25) is 0 Å². The second-order valence-corrected chi connectivity index (χ2v) is 6.47. The maximum atomic E-state index is 12.9. The van der Waals surface area contributed by atoms with Gasteiger partial charge in [-0.3, -0.25) is 9.59 Å². The number of carbonyl (C=O) groups is 3. The number of carbonyl (C=O) groups excluding carboxylic acids is 3. The molecule has 2 N–H and O–H groups in total. The molecule has 0 fully saturated rings. The molecule has 0 aromatic heterocycles. The number of nitrogens with one attached hydrogen (secondary N) is 2. The SMILES string of the molecule is COc1ccc(C(=O)N/C(=C\c2ccccc2)C(=O)Nc2cccc(C(=O)[O-])c2)cc1. The molecule has 3 aromatic carbocycles. The van der Waals surface area contributed by atoms with Crippen LogP contribution in [0.4, 0.5) is 5.69 Å². The van der Waals surface area contributed by atoms with Crippen molar-refractivity contribution in [1.29, 1.82) is 0 Å². The Balaban J connectivity index is 1.86. The first-order chi connectivity index (χ1) is 15.0. The lowest BCUT2D eigenvalue weighted by atomic mass is 10.1. The van der Waals surface area contributed by atoms with E-state index in [1.165, 1.54) is 37.5 Å². The summed E-state index contributed by atoms with van der Waals surface area (Å²) >= 11 is 0. The number of hydrogen-bond acceptors (Lipinski definition) is 5. The van der Waals surface area contributed by atoms with Crippen molar-refractivity contribution in [1.82, 2.24) is 5.32 Å². The molecule has 0 spiro atoms. The molecular formula is C24H19N2O5-. The van der Waals surface area contributed by atoms with E-state index in [2.05, 4.69) is 10.6 Å². The summed E-state index contributed by atoms with van der Waals surface area (Å²) in [5.74, 6) is -1.85. The molecule has 3 aromatic rings. The number of aromatic carboxylic acids is 1. The smallest absolute Gasteiger partial charge is 0.272 e. The van der Waals surface area contributed by atoms with E-state index in [0.717, 1.165) is 0 Å². The van der Waals surface area contributed by atoms with Crippen LogP contribution >= 0.6 is 0 Å². The molecule has 0 heterocycles. The van der Waals surface area contributed by atoms with E-state index in [1.807, 2.05) is 6.07 Å². The summed E-state index contributed by atoms with van der Waals surface area (Å²) in [6.45, 7) is 0. The van der Waals surface area contributed by atoms with E-state index in [9.17, 15) is 19.5 Å². The first kappa shape index (κ1) is 21.3. The van der Waals surface area contributed by atoms with Crippen LogP contribution in [0.3, 0.4) is 0 Å². The molecule has 156 valence electrons. The second kappa shape index (κ2) is 9.89. The summed E-state index contributed by atoms with van der Waals surface area (Å²) in [5.41, 5.74) is 1.21. The first-order valence-corrected chi connectivity index (χ1v) is 9.31. The lowest BCUT2D eigenvalue weighted by Crippen LogP contribution is -2.31. The monoisotopic (exact) mass is 415 g/mol. The third-order valence-corrected chi connectivity index (χ3v) is 4.31. The zero-order valence-corrected chi connectivity index (χ0v) is 16.6. The summed E-state index contributed by atoms with van der Waals surface area (Å²) in [6, 6.07) is 21.1. The van der Waals surface area contributed by atoms with Gasteiger partial charge >= 0.3 is 0 Å². The lowest BCUT2D eigenvalue weighted by Gasteiger charge is -2.12. The molecule has 0 aliphatic heterocycles. The fourth-order valence-corrected chi connectivity index (χ4v) is 2.73. The minimum atomic E-state index is -1.36. The van der Waals surface area contributed by atoms with Gasteiger partial charge in [-0.05, 0) is 53.6 Å². The number of carboxylic acid groups (broad SMARTS) is 1. The van der Waals surface area contributed by atoms with Crippen molar-refractivity contribution in [2.45, 2.75) is 0 Å². The van der Waals surface area contributed by atoms with Gasteiger partial charge in [0.15, 0.2) is 0 Å². The van der Waals surface area contributed by atoms with Gasteiger partial charge in [-0.15, -0.1) is 0 Å². The summed E-state index contributed by atoms with van der Waals surface area (Å²) < 4.78 is 5.09. The molecular weight excluding hydrogens is 396 g/mol. The van der Waals surface area contributed by atoms with Crippen molar-refractivity contribution in [3.8, 4) is 5.75 Å². The number of rotatable bonds is 7. The Kier molecular flexibility index (Phi) is 6.80. The van der Waals surface area contributed by atoms with Crippen LogP contribution in [-0.4, -0.2) is 24.9 Å². The fraction of sp³-hybridized carbons (Fsp3) is 0.0417. The molecule has 7 heteroatoms. The Morgan fingerprint density at radius 1 is 0.871 bits per heavy atom. The number of amides is 2. The van der Waals surface area contributed by atoms with Gasteiger partial charge in [0.25, 0.3) is 11.8 Å². The van der Waals surface area contributed by atoms with E-state index in [-0.39, 0.29) is 16.9 Å². The van der Waals surface area contributed by atoms with E-state index >= 15 is 0 Å². The van der Waals surface area contributed by atoms with Crippen LogP contribution in [0, 0.1) is 0 Å². The highest BCUT2D eigenvalue weighted by atomic mass is 16.5. The highest BCUT2D eigenvalue weighted by molar-refractivity contribution is 6.10. The zero-order valence-electron chi connectivity index (χ0n) is 16.6. The van der Waals surface area contributed by atoms with Gasteiger partial charge in [0.05, 0.1) is 13.1 Å². The summed E-state index contributed by atoms with van der Waals surface area (Å²) in [4.78, 5) is 36.6. The molecule has 0 radical (unpaired) electrons. The number of methoxy groups -OCH3 is 1. The molecule has 0 atom stereocenters. The van der Waals surface area contributed by atoms with Gasteiger partial charge in [0.2, 0.25) is 0 Å². The summed E-state index contributed by atoms with van der Waals surface area (Å²) in [5, 5.41) is 16.3. The van der Waals surface area contributed by atoms with Gasteiger partial charge in [-0.1, -0.05) is 42.5 Å². The predicted octanol–water partition coefficient (Wildman–Crippen LogP) is 2.47. The van der Waals surface area contributed by atoms with Crippen molar-refractivity contribution in [3.63, 3.8) is 0 Å². The van der Waals surface area contributed by atoms with E-state index in [0.29, 0.717) is 16.9 Å². The highest BCUT2D eigenvalue weighted by Crippen LogP contribution is 2.15. The van der Waals surface area contributed by atoms with Crippen molar-refractivity contribution in [2.24, 2.45) is 0 Å². The Morgan fingerprint density at radius 3 is 2.23 bits per heavy atom. The summed E-state index contributed by atoms with van der Waals surface area (Å²) in [6.07, 6.45) is 1.53. The van der Waals surface area contributed by atoms with Crippen LogP contribution in [0.15, 0.2) is 84.6 Å². The maximum Gasteiger partial charge on any atom is 0.272 e. The molecule has 0 aliphatic carbocycles. The average Bonchev–Trinajstić information content (AvgIpc) is 2.79. The van der Waals surface area contributed by atoms with Crippen LogP contribution in [-0.2, 0) is 4.79 Å². The predicted molar refractivity (Wildman–Crippen MR) is 114 cm³/mol. The van der Waals surface area contributed by atoms with Crippen molar-refractivity contribution >= 4 is 29.5 Å². The van der Waals surface area contributed by atoms with Gasteiger partial charge < -0.3 is 25.3 Å². The third-order valence-electron chi connectivity index (χ3n) is 4.31. The maximum absolute atomic E-state index is 12.9. The quantitative estimate of drug-likeness (QED) is 0.577. The minimum absolute atomic E-state index is 0.00845. The molecule has 0 unspecified atom stereocenters. The van der Waals surface area contributed by atoms with Crippen molar-refractivity contribution in [2.75, 3.05) is 12.4 Å². The van der Waals surface area contributed by atoms with Gasteiger partial charge in [0, 0.05) is 11.3 Å². The van der Waals surface area contributed by atoms with Crippen molar-refractivity contribution < 1.29 is 24.2 Å². The van der Waals surface area contributed by atoms with E-state index in [4.69, 9.17) is 4.74 Å². The normalized spacial score (nSPS) is 10.8. The Bertz CT molecular complexity index is 1120. The zero-order chi connectivity index (χ0) is 22.2. The number of carboxylic acids is 1. The number of benzene rings is 3. The van der Waals surface area contributed by atoms with E-state index < -0.39 is 17.8 Å². The Labute approximate surface area is 179 Å². The van der Waals surface area contributed by atoms with Crippen molar-refractivity contribution in [3.05, 3.63) is 101 Å². The summed E-state index contributed by atoms with van der Waals surface area (Å²) in [7, 11) is 1.52. The first-order valence-electron chi connectivity index (χ1n) is 9.31. The number of ether oxygens (including phenoxy) is 1. The average molecular weight is 415 g/mol. The highest BCUT2D eigenvalue weighted by Gasteiger charge is 2.15. The Morgan fingerprint density at radius 2 is 1.58 bits per heavy atom. The largest absolute Gasteiger partial charge is 0.545 e. The van der Waals surface area contributed by atoms with Crippen LogP contribution < -0.4 is 20.5 Å². The van der Waals surface area contributed by atoms with E-state index in [1.54, 1.807) is 48.5 Å². The fourth-order valence-electron chi connectivity index (χ4n) is 2.73. The Hall–Kier alpha value is -4.39. The van der Waals surface area contributed by atoms with Crippen LogP contribution in [0.25, 0.3) is 6.08 Å². The molecule has 7 nitrogen and oxygen atoms in total. The molecule has 3 rings (SSSR count). The molecule has 31 heavy (non-hydrogen) atoms. The van der Waals surface area contributed by atoms with Crippen LogP contribution in [0.5, 0.6) is 5.75 Å². The van der Waals surface area contributed by atoms with Crippen LogP contribution in [0.1, 0.15) is 26.3 Å². The second-order valence-electron chi connectivity index (χ2n) is 6.47. The third kappa shape index (κ3) is 5.80. The molecule has 0 saturated carbocycles. The standard InChI is InChI=1S/C24H20N2O5/c1-31-20-12-10-17(11-13-20)22(27)26-21(14-16-6-3-2-4-7-16)23(28)25-19-9-5-8-18(15-19)24(29)30/h2-15H,1H3,(H,25,28)(H,26,27)(H,29,30)/p-1/b21-14-. The number of anilines is 1. The van der Waals surface area contributed by atoms with Gasteiger partial charge in [-0.2, -0.15) is 0 Å². The topological polar surface area (TPSA) is 108 Å². The minimum Gasteiger partial charge on any atom is -0.545 e. The lowest BCUT2D eigenvalue weighted by molar-refractivity contribution is -0.255. The molecule has 0 bridgehead atoms.